The first-order valence-corrected chi connectivity index (χ1v) is 6.82. The summed E-state index contributed by atoms with van der Waals surface area (Å²) < 4.78 is 13.5. The van der Waals surface area contributed by atoms with Gasteiger partial charge in [-0.25, -0.2) is 4.39 Å². The minimum atomic E-state index is -0.422. The maximum absolute atomic E-state index is 13.5. The Bertz CT molecular complexity index is 440. The molecule has 0 spiro atoms. The number of nitrogens with one attached hydrogen (secondary N) is 1. The van der Waals surface area contributed by atoms with Crippen molar-refractivity contribution in [3.8, 4) is 0 Å². The van der Waals surface area contributed by atoms with Gasteiger partial charge in [0.05, 0.1) is 5.56 Å². The Kier molecular flexibility index (Phi) is 4.66. The lowest BCUT2D eigenvalue weighted by Crippen LogP contribution is -2.54. The van der Waals surface area contributed by atoms with Gasteiger partial charge in [0.2, 0.25) is 0 Å². The summed E-state index contributed by atoms with van der Waals surface area (Å²) in [6.45, 7) is 6.86. The third-order valence-corrected chi connectivity index (χ3v) is 3.46. The third-order valence-electron chi connectivity index (χ3n) is 3.46. The number of Topliss-reactive ketones (excluding diaryl/α,β-unsaturated/α-hetero) is 1. The Morgan fingerprint density at radius 2 is 1.95 bits per heavy atom. The van der Waals surface area contributed by atoms with E-state index in [-0.39, 0.29) is 11.3 Å². The van der Waals surface area contributed by atoms with Crippen LogP contribution in [0, 0.1) is 5.82 Å². The lowest BCUT2D eigenvalue weighted by Gasteiger charge is -2.36. The van der Waals surface area contributed by atoms with Crippen molar-refractivity contribution >= 4 is 5.78 Å². The molecule has 2 rings (SSSR count). The van der Waals surface area contributed by atoms with Gasteiger partial charge in [0, 0.05) is 38.1 Å². The van der Waals surface area contributed by atoms with Crippen molar-refractivity contribution in [2.75, 3.05) is 19.6 Å². The van der Waals surface area contributed by atoms with Crippen LogP contribution in [0.25, 0.3) is 0 Å². The van der Waals surface area contributed by atoms with E-state index in [1.165, 1.54) is 6.07 Å². The second-order valence-electron chi connectivity index (χ2n) is 5.38. The van der Waals surface area contributed by atoms with Crippen molar-refractivity contribution < 1.29 is 9.18 Å². The quantitative estimate of drug-likeness (QED) is 0.845. The summed E-state index contributed by atoms with van der Waals surface area (Å²) in [5, 5.41) is 3.45. The van der Waals surface area contributed by atoms with Crippen molar-refractivity contribution in [1.29, 1.82) is 0 Å². The van der Waals surface area contributed by atoms with E-state index in [0.29, 0.717) is 25.0 Å². The van der Waals surface area contributed by atoms with E-state index in [9.17, 15) is 9.18 Å². The molecule has 1 heterocycles. The summed E-state index contributed by atoms with van der Waals surface area (Å²) in [6.07, 6.45) is 0.375. The molecule has 0 radical (unpaired) electrons. The molecule has 0 aromatic heterocycles. The van der Waals surface area contributed by atoms with Gasteiger partial charge in [-0.15, -0.1) is 0 Å². The molecule has 1 aromatic rings. The van der Waals surface area contributed by atoms with E-state index in [2.05, 4.69) is 24.1 Å². The number of hydrogen-bond acceptors (Lipinski definition) is 3. The molecule has 3 nitrogen and oxygen atoms in total. The van der Waals surface area contributed by atoms with Crippen molar-refractivity contribution in [1.82, 2.24) is 10.2 Å². The molecule has 2 atom stereocenters. The molecule has 1 aliphatic rings. The third kappa shape index (κ3) is 3.85. The van der Waals surface area contributed by atoms with Crippen LogP contribution < -0.4 is 5.32 Å². The number of rotatable bonds is 4. The van der Waals surface area contributed by atoms with Crippen LogP contribution in [0.3, 0.4) is 0 Å². The van der Waals surface area contributed by atoms with Crippen molar-refractivity contribution in [2.24, 2.45) is 0 Å². The number of ketones is 1. The predicted molar refractivity (Wildman–Crippen MR) is 73.8 cm³/mol. The van der Waals surface area contributed by atoms with Crippen molar-refractivity contribution in [3.63, 3.8) is 0 Å². The van der Waals surface area contributed by atoms with E-state index < -0.39 is 5.82 Å². The number of hydrogen-bond donors (Lipinski definition) is 1. The summed E-state index contributed by atoms with van der Waals surface area (Å²) in [7, 11) is 0. The molecule has 19 heavy (non-hydrogen) atoms. The Morgan fingerprint density at radius 3 is 2.58 bits per heavy atom. The first-order valence-electron chi connectivity index (χ1n) is 6.82. The summed E-state index contributed by atoms with van der Waals surface area (Å²) in [6, 6.07) is 7.07. The van der Waals surface area contributed by atoms with Crippen LogP contribution in [0.5, 0.6) is 0 Å². The lowest BCUT2D eigenvalue weighted by atomic mass is 10.1. The minimum Gasteiger partial charge on any atom is -0.309 e. The number of nitrogens with zero attached hydrogens (tertiary/aromatic N) is 1. The molecule has 4 heteroatoms. The second kappa shape index (κ2) is 6.26. The highest BCUT2D eigenvalue weighted by Gasteiger charge is 2.21. The molecule has 0 bridgehead atoms. The number of carbonyl (C=O) groups excluding carboxylic acids is 1. The predicted octanol–water partition coefficient (Wildman–Crippen LogP) is 2.08. The molecule has 104 valence electrons. The van der Waals surface area contributed by atoms with Crippen LogP contribution in [-0.4, -0.2) is 42.4 Å². The first kappa shape index (κ1) is 14.2. The van der Waals surface area contributed by atoms with E-state index >= 15 is 0 Å². The smallest absolute Gasteiger partial charge is 0.167 e. The maximum atomic E-state index is 13.5. The van der Waals surface area contributed by atoms with Crippen molar-refractivity contribution in [2.45, 2.75) is 32.4 Å². The maximum Gasteiger partial charge on any atom is 0.167 e. The van der Waals surface area contributed by atoms with Gasteiger partial charge < -0.3 is 5.32 Å². The molecular formula is C15H21FN2O. The highest BCUT2D eigenvalue weighted by Crippen LogP contribution is 2.11. The average Bonchev–Trinajstić information content (AvgIpc) is 2.35. The first-order chi connectivity index (χ1) is 9.06. The fraction of sp³-hybridized carbons (Fsp3) is 0.533. The Morgan fingerprint density at radius 1 is 1.32 bits per heavy atom. The van der Waals surface area contributed by atoms with Gasteiger partial charge in [-0.05, 0) is 26.0 Å². The van der Waals surface area contributed by atoms with Gasteiger partial charge in [-0.1, -0.05) is 12.1 Å². The molecule has 1 aliphatic heterocycles. The molecule has 1 N–H and O–H groups in total. The summed E-state index contributed by atoms with van der Waals surface area (Å²) in [4.78, 5) is 14.3. The molecule has 0 amide bonds. The largest absolute Gasteiger partial charge is 0.309 e. The van der Waals surface area contributed by atoms with Gasteiger partial charge >= 0.3 is 0 Å². The van der Waals surface area contributed by atoms with Gasteiger partial charge in [-0.2, -0.15) is 0 Å². The molecule has 0 saturated carbocycles. The van der Waals surface area contributed by atoms with Gasteiger partial charge in [0.25, 0.3) is 0 Å². The normalized spacial score (nSPS) is 24.4. The van der Waals surface area contributed by atoms with Gasteiger partial charge in [-0.3, -0.25) is 9.69 Å². The number of halogens is 1. The van der Waals surface area contributed by atoms with Gasteiger partial charge in [0.15, 0.2) is 5.78 Å². The molecule has 1 saturated heterocycles. The van der Waals surface area contributed by atoms with E-state index in [0.717, 1.165) is 13.1 Å². The minimum absolute atomic E-state index is 0.114. The Balaban J connectivity index is 1.89. The monoisotopic (exact) mass is 264 g/mol. The molecular weight excluding hydrogens is 243 g/mol. The highest BCUT2D eigenvalue weighted by molar-refractivity contribution is 5.96. The lowest BCUT2D eigenvalue weighted by molar-refractivity contribution is 0.0942. The number of benzene rings is 1. The fourth-order valence-electron chi connectivity index (χ4n) is 2.70. The molecule has 1 fully saturated rings. The van der Waals surface area contributed by atoms with Crippen LogP contribution in [0.4, 0.5) is 4.39 Å². The molecule has 2 unspecified atom stereocenters. The molecule has 0 aliphatic carbocycles. The standard InChI is InChI=1S/C15H21FN2O/c1-11-9-18(10-12(2)17-11)8-7-15(19)13-5-3-4-6-14(13)16/h3-6,11-12,17H,7-10H2,1-2H3. The zero-order valence-corrected chi connectivity index (χ0v) is 11.5. The number of carbonyl (C=O) groups is 1. The summed E-state index contributed by atoms with van der Waals surface area (Å²) >= 11 is 0. The SMILES string of the molecule is CC1CN(CCC(=O)c2ccccc2F)CC(C)N1. The summed E-state index contributed by atoms with van der Waals surface area (Å²) in [5.74, 6) is -0.536. The van der Waals surface area contributed by atoms with E-state index in [1.54, 1.807) is 18.2 Å². The van der Waals surface area contributed by atoms with Crippen LogP contribution in [-0.2, 0) is 0 Å². The summed E-state index contributed by atoms with van der Waals surface area (Å²) in [5.41, 5.74) is 0.207. The Hall–Kier alpha value is -1.26. The van der Waals surface area contributed by atoms with Crippen LogP contribution >= 0.6 is 0 Å². The zero-order chi connectivity index (χ0) is 13.8. The van der Waals surface area contributed by atoms with E-state index in [1.807, 2.05) is 0 Å². The zero-order valence-electron chi connectivity index (χ0n) is 11.5. The van der Waals surface area contributed by atoms with Crippen molar-refractivity contribution in [3.05, 3.63) is 35.6 Å². The van der Waals surface area contributed by atoms with Crippen LogP contribution in [0.2, 0.25) is 0 Å². The van der Waals surface area contributed by atoms with Crippen LogP contribution in [0.1, 0.15) is 30.6 Å². The highest BCUT2D eigenvalue weighted by atomic mass is 19.1. The second-order valence-corrected chi connectivity index (χ2v) is 5.38. The Labute approximate surface area is 113 Å². The van der Waals surface area contributed by atoms with Crippen LogP contribution in [0.15, 0.2) is 24.3 Å². The topological polar surface area (TPSA) is 32.3 Å². The number of piperazine rings is 1. The fourth-order valence-corrected chi connectivity index (χ4v) is 2.70. The van der Waals surface area contributed by atoms with E-state index in [4.69, 9.17) is 0 Å². The average molecular weight is 264 g/mol. The molecule has 1 aromatic carbocycles. The van der Waals surface area contributed by atoms with Gasteiger partial charge in [0.1, 0.15) is 5.82 Å².